The van der Waals surface area contributed by atoms with Gasteiger partial charge in [-0.2, -0.15) is 0 Å². The molecule has 0 fully saturated rings. The van der Waals surface area contributed by atoms with Crippen LogP contribution in [-0.2, 0) is 16.6 Å². The second-order valence-corrected chi connectivity index (χ2v) is 8.77. The molecule has 31 heavy (non-hydrogen) atoms. The number of carbonyl (C=O) groups is 2. The smallest absolute Gasteiger partial charge is 0.264 e. The number of halogens is 1. The minimum absolute atomic E-state index is 0.00721. The normalized spacial score (nSPS) is 13.3. The van der Waals surface area contributed by atoms with Crippen molar-refractivity contribution in [2.75, 3.05) is 11.8 Å². The van der Waals surface area contributed by atoms with Crippen molar-refractivity contribution in [3.63, 3.8) is 0 Å². The van der Waals surface area contributed by atoms with Gasteiger partial charge in [0.25, 0.3) is 21.8 Å². The van der Waals surface area contributed by atoms with Gasteiger partial charge >= 0.3 is 0 Å². The van der Waals surface area contributed by atoms with Gasteiger partial charge in [-0.1, -0.05) is 17.7 Å². The van der Waals surface area contributed by atoms with Crippen molar-refractivity contribution in [2.45, 2.75) is 11.4 Å². The monoisotopic (exact) mass is 457 g/mol. The molecule has 0 saturated carbocycles. The fraction of sp³-hybridized carbons (Fsp3) is 0.0952. The van der Waals surface area contributed by atoms with Crippen molar-refractivity contribution < 1.29 is 22.7 Å². The zero-order valence-corrected chi connectivity index (χ0v) is 17.8. The first-order chi connectivity index (χ1) is 14.8. The van der Waals surface area contributed by atoms with E-state index in [0.717, 1.165) is 4.90 Å². The highest BCUT2D eigenvalue weighted by Gasteiger charge is 2.40. The Balaban J connectivity index is 1.72. The lowest BCUT2D eigenvalue weighted by Crippen LogP contribution is -2.29. The molecule has 0 spiro atoms. The Labute approximate surface area is 183 Å². The first kappa shape index (κ1) is 20.8. The Morgan fingerprint density at radius 3 is 2.45 bits per heavy atom. The Morgan fingerprint density at radius 2 is 1.74 bits per heavy atom. The lowest BCUT2D eigenvalue weighted by Gasteiger charge is -2.14. The Bertz CT molecular complexity index is 1300. The largest absolute Gasteiger partial charge is 0.497 e. The molecule has 0 bridgehead atoms. The third kappa shape index (κ3) is 3.85. The molecule has 3 aromatic rings. The minimum Gasteiger partial charge on any atom is -0.497 e. The SMILES string of the molecule is COc1cccc(S(=O)(=O)Nc2ccc(Cl)c3c2C(=O)N(Cc2ccncc2)C3=O)c1. The number of carbonyl (C=O) groups excluding carboxylic acids is 2. The molecule has 0 saturated heterocycles. The number of methoxy groups -OCH3 is 1. The second-order valence-electron chi connectivity index (χ2n) is 6.68. The van der Waals surface area contributed by atoms with Crippen LogP contribution in [0.3, 0.4) is 0 Å². The van der Waals surface area contributed by atoms with E-state index in [0.29, 0.717) is 11.3 Å². The van der Waals surface area contributed by atoms with E-state index in [2.05, 4.69) is 9.71 Å². The van der Waals surface area contributed by atoms with Crippen molar-refractivity contribution in [2.24, 2.45) is 0 Å². The minimum atomic E-state index is -4.06. The van der Waals surface area contributed by atoms with Crippen LogP contribution in [0.2, 0.25) is 5.02 Å². The molecule has 158 valence electrons. The number of rotatable bonds is 6. The standard InChI is InChI=1S/C21H16ClN3O5S/c1-30-14-3-2-4-15(11-14)31(28,29)24-17-6-5-16(22)18-19(17)21(27)25(20(18)26)12-13-7-9-23-10-8-13/h2-11,24H,12H2,1H3. The summed E-state index contributed by atoms with van der Waals surface area (Å²) in [6.07, 6.45) is 3.10. The van der Waals surface area contributed by atoms with E-state index in [1.807, 2.05) is 0 Å². The summed E-state index contributed by atoms with van der Waals surface area (Å²) in [6, 6.07) is 12.0. The van der Waals surface area contributed by atoms with Crippen LogP contribution in [0.4, 0.5) is 5.69 Å². The maximum absolute atomic E-state index is 13.1. The predicted molar refractivity (Wildman–Crippen MR) is 114 cm³/mol. The number of benzene rings is 2. The lowest BCUT2D eigenvalue weighted by molar-refractivity contribution is 0.0642. The van der Waals surface area contributed by atoms with Crippen molar-refractivity contribution >= 4 is 39.1 Å². The predicted octanol–water partition coefficient (Wildman–Crippen LogP) is 3.34. The molecule has 2 heterocycles. The average Bonchev–Trinajstić information content (AvgIpc) is 3.02. The van der Waals surface area contributed by atoms with Crippen LogP contribution in [0.15, 0.2) is 65.8 Å². The topological polar surface area (TPSA) is 106 Å². The molecular weight excluding hydrogens is 442 g/mol. The van der Waals surface area contributed by atoms with E-state index in [1.54, 1.807) is 30.6 Å². The zero-order valence-electron chi connectivity index (χ0n) is 16.2. The van der Waals surface area contributed by atoms with Crippen LogP contribution in [0.1, 0.15) is 26.3 Å². The zero-order chi connectivity index (χ0) is 22.2. The van der Waals surface area contributed by atoms with Gasteiger partial charge in [0.05, 0.1) is 40.4 Å². The number of aromatic nitrogens is 1. The van der Waals surface area contributed by atoms with E-state index < -0.39 is 21.8 Å². The molecule has 4 rings (SSSR count). The Kier molecular flexibility index (Phi) is 5.38. The van der Waals surface area contributed by atoms with Crippen LogP contribution in [0, 0.1) is 0 Å². The van der Waals surface area contributed by atoms with Gasteiger partial charge in [-0.05, 0) is 42.0 Å². The summed E-state index contributed by atoms with van der Waals surface area (Å²) in [5.41, 5.74) is 0.543. The number of imide groups is 1. The number of amides is 2. The molecule has 8 nitrogen and oxygen atoms in total. The number of hydrogen-bond acceptors (Lipinski definition) is 6. The number of sulfonamides is 1. The summed E-state index contributed by atoms with van der Waals surface area (Å²) >= 11 is 6.19. The van der Waals surface area contributed by atoms with Gasteiger partial charge in [0, 0.05) is 18.5 Å². The molecular formula is C21H16ClN3O5S. The van der Waals surface area contributed by atoms with Crippen LogP contribution in [0.5, 0.6) is 5.75 Å². The van der Waals surface area contributed by atoms with Crippen LogP contribution >= 0.6 is 11.6 Å². The number of pyridine rings is 1. The molecule has 0 radical (unpaired) electrons. The highest BCUT2D eigenvalue weighted by Crippen LogP contribution is 2.36. The van der Waals surface area contributed by atoms with Gasteiger partial charge in [0.15, 0.2) is 0 Å². The van der Waals surface area contributed by atoms with Crippen molar-refractivity contribution in [1.82, 2.24) is 9.88 Å². The summed E-state index contributed by atoms with van der Waals surface area (Å²) in [4.78, 5) is 30.9. The molecule has 0 aliphatic carbocycles. The molecule has 10 heteroatoms. The maximum Gasteiger partial charge on any atom is 0.264 e. The molecule has 0 atom stereocenters. The van der Waals surface area contributed by atoms with Gasteiger partial charge < -0.3 is 4.74 Å². The van der Waals surface area contributed by atoms with Gasteiger partial charge in [-0.25, -0.2) is 8.42 Å². The van der Waals surface area contributed by atoms with Crippen molar-refractivity contribution in [3.8, 4) is 5.75 Å². The summed E-state index contributed by atoms with van der Waals surface area (Å²) in [7, 11) is -2.64. The van der Waals surface area contributed by atoms with E-state index in [1.165, 1.54) is 37.4 Å². The highest BCUT2D eigenvalue weighted by molar-refractivity contribution is 7.92. The first-order valence-corrected chi connectivity index (χ1v) is 10.9. The number of fused-ring (bicyclic) bond motifs is 1. The van der Waals surface area contributed by atoms with Crippen LogP contribution in [0.25, 0.3) is 0 Å². The molecule has 2 amide bonds. The van der Waals surface area contributed by atoms with Crippen molar-refractivity contribution in [1.29, 1.82) is 0 Å². The van der Waals surface area contributed by atoms with Crippen LogP contribution in [-0.4, -0.2) is 37.2 Å². The molecule has 0 unspecified atom stereocenters. The third-order valence-corrected chi connectivity index (χ3v) is 6.44. The number of nitrogens with zero attached hydrogens (tertiary/aromatic N) is 2. The summed E-state index contributed by atoms with van der Waals surface area (Å²) in [5.74, 6) is -0.870. The molecule has 2 aromatic carbocycles. The number of nitrogens with one attached hydrogen (secondary N) is 1. The van der Waals surface area contributed by atoms with Gasteiger partial charge in [-0.15, -0.1) is 0 Å². The Hall–Kier alpha value is -3.43. The number of hydrogen-bond donors (Lipinski definition) is 1. The summed E-state index contributed by atoms with van der Waals surface area (Å²) in [6.45, 7) is 0.00721. The van der Waals surface area contributed by atoms with Crippen molar-refractivity contribution in [3.05, 3.63) is 82.6 Å². The molecule has 1 aliphatic heterocycles. The molecule has 1 N–H and O–H groups in total. The second kappa shape index (κ2) is 8.01. The third-order valence-electron chi connectivity index (χ3n) is 4.76. The first-order valence-electron chi connectivity index (χ1n) is 9.06. The van der Waals surface area contributed by atoms with Gasteiger partial charge in [-0.3, -0.25) is 24.2 Å². The summed E-state index contributed by atoms with van der Waals surface area (Å²) in [5, 5.41) is 0.0647. The lowest BCUT2D eigenvalue weighted by atomic mass is 10.1. The molecule has 1 aromatic heterocycles. The fourth-order valence-electron chi connectivity index (χ4n) is 3.24. The number of anilines is 1. The highest BCUT2D eigenvalue weighted by atomic mass is 35.5. The maximum atomic E-state index is 13.1. The van der Waals surface area contributed by atoms with Gasteiger partial charge in [0.1, 0.15) is 5.75 Å². The molecule has 1 aliphatic rings. The van der Waals surface area contributed by atoms with Crippen LogP contribution < -0.4 is 9.46 Å². The van der Waals surface area contributed by atoms with Gasteiger partial charge in [0.2, 0.25) is 0 Å². The van der Waals surface area contributed by atoms with E-state index in [-0.39, 0.29) is 33.3 Å². The van der Waals surface area contributed by atoms with E-state index >= 15 is 0 Å². The summed E-state index contributed by atoms with van der Waals surface area (Å²) < 4.78 is 33.3. The van der Waals surface area contributed by atoms with E-state index in [9.17, 15) is 18.0 Å². The quantitative estimate of drug-likeness (QED) is 0.569. The van der Waals surface area contributed by atoms with E-state index in [4.69, 9.17) is 16.3 Å². The number of ether oxygens (including phenoxy) is 1. The Morgan fingerprint density at radius 1 is 1.03 bits per heavy atom. The average molecular weight is 458 g/mol. The fourth-order valence-corrected chi connectivity index (χ4v) is 4.59.